The van der Waals surface area contributed by atoms with Crippen molar-refractivity contribution in [2.24, 2.45) is 0 Å². The van der Waals surface area contributed by atoms with E-state index in [0.717, 1.165) is 5.56 Å². The molecule has 0 spiro atoms. The first-order valence-electron chi connectivity index (χ1n) is 11.3. The highest BCUT2D eigenvalue weighted by atomic mass is 32.2. The van der Waals surface area contributed by atoms with Crippen molar-refractivity contribution in [3.8, 4) is 11.5 Å². The molecule has 0 radical (unpaired) electrons. The molecule has 0 fully saturated rings. The molecule has 11 heteroatoms. The zero-order valence-electron chi connectivity index (χ0n) is 20.4. The van der Waals surface area contributed by atoms with Gasteiger partial charge < -0.3 is 19.9 Å². The summed E-state index contributed by atoms with van der Waals surface area (Å²) >= 11 is 0. The molecule has 3 N–H and O–H groups in total. The lowest BCUT2D eigenvalue weighted by Gasteiger charge is -2.15. The summed E-state index contributed by atoms with van der Waals surface area (Å²) in [5.74, 6) is 0.0802. The Kier molecular flexibility index (Phi) is 7.44. The zero-order chi connectivity index (χ0) is 26.6. The zero-order valence-corrected chi connectivity index (χ0v) is 21.2. The van der Waals surface area contributed by atoms with E-state index in [9.17, 15) is 13.2 Å². The predicted molar refractivity (Wildman–Crippen MR) is 140 cm³/mol. The van der Waals surface area contributed by atoms with E-state index in [2.05, 4.69) is 20.0 Å². The van der Waals surface area contributed by atoms with Crippen LogP contribution in [-0.2, 0) is 14.8 Å². The van der Waals surface area contributed by atoms with Crippen LogP contribution in [0, 0.1) is 0 Å². The Labute approximate surface area is 214 Å². The van der Waals surface area contributed by atoms with Crippen molar-refractivity contribution < 1.29 is 27.8 Å². The molecule has 4 aromatic rings. The van der Waals surface area contributed by atoms with Crippen molar-refractivity contribution in [2.45, 2.75) is 24.2 Å². The van der Waals surface area contributed by atoms with Crippen molar-refractivity contribution in [2.75, 3.05) is 24.3 Å². The summed E-state index contributed by atoms with van der Waals surface area (Å²) in [5.41, 5.74) is 2.35. The highest BCUT2D eigenvalue weighted by Crippen LogP contribution is 2.31. The Balaban J connectivity index is 1.69. The third kappa shape index (κ3) is 6.07. The number of aliphatic carboxylic acids is 1. The maximum Gasteiger partial charge on any atom is 0.303 e. The fourth-order valence-corrected chi connectivity index (χ4v) is 4.73. The van der Waals surface area contributed by atoms with Crippen LogP contribution in [0.15, 0.2) is 71.6 Å². The third-order valence-corrected chi connectivity index (χ3v) is 7.01. The summed E-state index contributed by atoms with van der Waals surface area (Å²) in [6.45, 7) is 1.77. The monoisotopic (exact) mass is 522 g/mol. The summed E-state index contributed by atoms with van der Waals surface area (Å²) in [6, 6.07) is 18.3. The fourth-order valence-electron chi connectivity index (χ4n) is 3.72. The number of fused-ring (bicyclic) bond motifs is 1. The van der Waals surface area contributed by atoms with Gasteiger partial charge in [-0.3, -0.25) is 9.52 Å². The normalized spacial score (nSPS) is 12.1. The number of carboxylic acid groups (broad SMARTS) is 1. The maximum absolute atomic E-state index is 13.3. The molecule has 0 amide bonds. The molecule has 1 atom stereocenters. The minimum atomic E-state index is -4.05. The molecule has 1 unspecified atom stereocenters. The first-order chi connectivity index (χ1) is 17.7. The molecule has 0 aliphatic rings. The quantitative estimate of drug-likeness (QED) is 0.269. The van der Waals surface area contributed by atoms with Gasteiger partial charge in [0.15, 0.2) is 11.6 Å². The number of hydrogen-bond acceptors (Lipinski definition) is 8. The Morgan fingerprint density at radius 2 is 1.49 bits per heavy atom. The predicted octanol–water partition coefficient (Wildman–Crippen LogP) is 4.77. The molecule has 37 heavy (non-hydrogen) atoms. The van der Waals surface area contributed by atoms with Crippen LogP contribution in [0.25, 0.3) is 11.0 Å². The average molecular weight is 523 g/mol. The van der Waals surface area contributed by atoms with E-state index in [-0.39, 0.29) is 28.9 Å². The molecule has 1 aromatic heterocycles. The van der Waals surface area contributed by atoms with Gasteiger partial charge in [-0.15, -0.1) is 0 Å². The molecule has 3 aromatic carbocycles. The van der Waals surface area contributed by atoms with Gasteiger partial charge in [-0.05, 0) is 35.7 Å². The number of ether oxygens (including phenoxy) is 2. The van der Waals surface area contributed by atoms with Crippen molar-refractivity contribution in [3.05, 3.63) is 72.3 Å². The third-order valence-electron chi connectivity index (χ3n) is 5.66. The van der Waals surface area contributed by atoms with Gasteiger partial charge in [-0.25, -0.2) is 18.4 Å². The number of carbonyl (C=O) groups is 1. The van der Waals surface area contributed by atoms with Crippen LogP contribution in [0.2, 0.25) is 0 Å². The van der Waals surface area contributed by atoms with Gasteiger partial charge in [-0.2, -0.15) is 0 Å². The molecular weight excluding hydrogens is 496 g/mol. The van der Waals surface area contributed by atoms with Crippen LogP contribution in [0.4, 0.5) is 17.3 Å². The SMILES string of the molecule is COc1cc(Nc2nc3ccccc3nc2NS(=O)(=O)c2ccc(C(C)CC(=O)O)cc2)cc(OC)c1. The van der Waals surface area contributed by atoms with Crippen LogP contribution in [0.3, 0.4) is 0 Å². The number of para-hydroxylation sites is 2. The second-order valence-electron chi connectivity index (χ2n) is 8.31. The van der Waals surface area contributed by atoms with Gasteiger partial charge in [0.25, 0.3) is 10.0 Å². The number of carboxylic acids is 1. The van der Waals surface area contributed by atoms with Crippen molar-refractivity contribution in [1.29, 1.82) is 0 Å². The van der Waals surface area contributed by atoms with Crippen LogP contribution >= 0.6 is 0 Å². The van der Waals surface area contributed by atoms with Crippen LogP contribution in [0.5, 0.6) is 11.5 Å². The summed E-state index contributed by atoms with van der Waals surface area (Å²) in [6.07, 6.45) is -0.0545. The standard InChI is InChI=1S/C26H26N4O6S/c1-16(12-24(31)32)17-8-10-21(11-9-17)37(33,34)30-26-25(28-22-6-4-5-7-23(22)29-26)27-18-13-19(35-2)15-20(14-18)36-3/h4-11,13-16H,12H2,1-3H3,(H,27,28)(H,29,30)(H,31,32). The Bertz CT molecular complexity index is 1520. The van der Waals surface area contributed by atoms with Gasteiger partial charge in [-0.1, -0.05) is 31.2 Å². The van der Waals surface area contributed by atoms with E-state index < -0.39 is 16.0 Å². The lowest BCUT2D eigenvalue weighted by Crippen LogP contribution is -2.16. The van der Waals surface area contributed by atoms with Crippen molar-refractivity contribution in [1.82, 2.24) is 9.97 Å². The summed E-state index contributed by atoms with van der Waals surface area (Å²) in [5, 5.41) is 12.1. The molecule has 0 saturated carbocycles. The molecule has 0 bridgehead atoms. The lowest BCUT2D eigenvalue weighted by atomic mass is 9.98. The van der Waals surface area contributed by atoms with E-state index in [4.69, 9.17) is 14.6 Å². The topological polar surface area (TPSA) is 140 Å². The van der Waals surface area contributed by atoms with Crippen LogP contribution < -0.4 is 19.5 Å². The Morgan fingerprint density at radius 3 is 2.03 bits per heavy atom. The number of sulfonamides is 1. The summed E-state index contributed by atoms with van der Waals surface area (Å²) < 4.78 is 39.7. The van der Waals surface area contributed by atoms with Gasteiger partial charge in [0.2, 0.25) is 0 Å². The molecule has 0 saturated heterocycles. The largest absolute Gasteiger partial charge is 0.497 e. The van der Waals surface area contributed by atoms with Crippen molar-refractivity contribution in [3.63, 3.8) is 0 Å². The Hall–Kier alpha value is -4.38. The molecular formula is C26H26N4O6S. The molecule has 0 aliphatic carbocycles. The number of methoxy groups -OCH3 is 2. The van der Waals surface area contributed by atoms with E-state index >= 15 is 0 Å². The number of anilines is 3. The van der Waals surface area contributed by atoms with E-state index in [1.807, 2.05) is 6.07 Å². The molecule has 10 nitrogen and oxygen atoms in total. The maximum atomic E-state index is 13.3. The van der Waals surface area contributed by atoms with E-state index in [1.165, 1.54) is 26.4 Å². The second-order valence-corrected chi connectivity index (χ2v) is 9.99. The van der Waals surface area contributed by atoms with Gasteiger partial charge in [0.1, 0.15) is 11.5 Å². The van der Waals surface area contributed by atoms with Crippen molar-refractivity contribution >= 4 is 44.3 Å². The number of aromatic nitrogens is 2. The number of rotatable bonds is 10. The Morgan fingerprint density at radius 1 is 0.919 bits per heavy atom. The first-order valence-corrected chi connectivity index (χ1v) is 12.8. The average Bonchev–Trinajstić information content (AvgIpc) is 2.88. The number of hydrogen-bond donors (Lipinski definition) is 3. The van der Waals surface area contributed by atoms with Gasteiger partial charge >= 0.3 is 5.97 Å². The minimum Gasteiger partial charge on any atom is -0.497 e. The number of nitrogens with one attached hydrogen (secondary N) is 2. The second kappa shape index (κ2) is 10.7. The van der Waals surface area contributed by atoms with E-state index in [0.29, 0.717) is 28.2 Å². The van der Waals surface area contributed by atoms with Gasteiger partial charge in [0, 0.05) is 23.9 Å². The summed E-state index contributed by atoms with van der Waals surface area (Å²) in [4.78, 5) is 20.1. The number of benzene rings is 3. The highest BCUT2D eigenvalue weighted by Gasteiger charge is 2.20. The molecule has 4 rings (SSSR count). The molecule has 0 aliphatic heterocycles. The van der Waals surface area contributed by atoms with Gasteiger partial charge in [0.05, 0.1) is 36.6 Å². The van der Waals surface area contributed by atoms with Crippen LogP contribution in [0.1, 0.15) is 24.8 Å². The summed E-state index contributed by atoms with van der Waals surface area (Å²) in [7, 11) is -0.987. The van der Waals surface area contributed by atoms with E-state index in [1.54, 1.807) is 55.5 Å². The number of nitrogens with zero attached hydrogens (tertiary/aromatic N) is 2. The molecule has 1 heterocycles. The smallest absolute Gasteiger partial charge is 0.303 e. The fraction of sp³-hybridized carbons (Fsp3) is 0.192. The highest BCUT2D eigenvalue weighted by molar-refractivity contribution is 7.92. The first kappa shape index (κ1) is 25.7. The molecule has 192 valence electrons. The minimum absolute atomic E-state index is 0.00253. The van der Waals surface area contributed by atoms with Crippen LogP contribution in [-0.4, -0.2) is 43.7 Å². The lowest BCUT2D eigenvalue weighted by molar-refractivity contribution is -0.137.